The Morgan fingerprint density at radius 3 is 2.06 bits per heavy atom. The van der Waals surface area contributed by atoms with E-state index in [1.54, 1.807) is 29.2 Å². The molecule has 2 aromatic carbocycles. The molecule has 4 aromatic rings. The second kappa shape index (κ2) is 9.51. The number of carbonyl (C=O) groups is 1. The minimum Gasteiger partial charge on any atom is -0.467 e. The first kappa shape index (κ1) is 22.6. The average molecular weight is 489 g/mol. The number of nitrogens with zero attached hydrogens (tertiary/aromatic N) is 1. The summed E-state index contributed by atoms with van der Waals surface area (Å²) in [5, 5.41) is -0.299. The summed E-state index contributed by atoms with van der Waals surface area (Å²) in [5.74, 6) is 0.212. The first-order valence-electron chi connectivity index (χ1n) is 9.74. The molecule has 0 aliphatic rings. The lowest BCUT2D eigenvalue weighted by molar-refractivity contribution is 0.0705. The molecule has 0 aliphatic carbocycles. The molecule has 170 valence electrons. The SMILES string of the molecule is O=C(c1ccc(NS(=O)(=O)c2ccc(F)c(Cl)c2)cc1)N(Cc1ccco1)Cc1ccco1. The van der Waals surface area contributed by atoms with E-state index < -0.39 is 15.8 Å². The topological polar surface area (TPSA) is 92.8 Å². The standard InChI is InChI=1S/C23H18ClFN2O5S/c24-21-13-20(9-10-22(21)25)33(29,30)26-17-7-5-16(6-8-17)23(28)27(14-18-3-1-11-31-18)15-19-4-2-12-32-19/h1-13,26H,14-15H2. The third-order valence-corrected chi connectivity index (χ3v) is 6.39. The number of rotatable bonds is 8. The maximum Gasteiger partial charge on any atom is 0.261 e. The van der Waals surface area contributed by atoms with Gasteiger partial charge in [0.2, 0.25) is 0 Å². The lowest BCUT2D eigenvalue weighted by Gasteiger charge is -2.21. The van der Waals surface area contributed by atoms with Crippen LogP contribution in [0.2, 0.25) is 5.02 Å². The van der Waals surface area contributed by atoms with Crippen LogP contribution in [-0.2, 0) is 23.1 Å². The van der Waals surface area contributed by atoms with Gasteiger partial charge in [-0.15, -0.1) is 0 Å². The zero-order valence-electron chi connectivity index (χ0n) is 17.1. The van der Waals surface area contributed by atoms with Crippen molar-refractivity contribution < 1.29 is 26.4 Å². The summed E-state index contributed by atoms with van der Waals surface area (Å²) in [6, 6.07) is 16.1. The smallest absolute Gasteiger partial charge is 0.261 e. The van der Waals surface area contributed by atoms with Crippen molar-refractivity contribution in [2.75, 3.05) is 4.72 Å². The van der Waals surface area contributed by atoms with Gasteiger partial charge >= 0.3 is 0 Å². The van der Waals surface area contributed by atoms with E-state index in [0.717, 1.165) is 18.2 Å². The van der Waals surface area contributed by atoms with E-state index in [2.05, 4.69) is 4.72 Å². The number of carbonyl (C=O) groups excluding carboxylic acids is 1. The fourth-order valence-corrected chi connectivity index (χ4v) is 4.43. The van der Waals surface area contributed by atoms with Gasteiger partial charge in [-0.1, -0.05) is 11.6 Å². The van der Waals surface area contributed by atoms with Crippen molar-refractivity contribution in [2.24, 2.45) is 0 Å². The molecule has 1 N–H and O–H groups in total. The molecular weight excluding hydrogens is 471 g/mol. The summed E-state index contributed by atoms with van der Waals surface area (Å²) in [7, 11) is -3.99. The summed E-state index contributed by atoms with van der Waals surface area (Å²) in [6.45, 7) is 0.457. The van der Waals surface area contributed by atoms with Gasteiger partial charge in [-0.25, -0.2) is 12.8 Å². The van der Waals surface area contributed by atoms with Crippen LogP contribution in [0.1, 0.15) is 21.9 Å². The highest BCUT2D eigenvalue weighted by molar-refractivity contribution is 7.92. The van der Waals surface area contributed by atoms with Gasteiger partial charge in [0.25, 0.3) is 15.9 Å². The van der Waals surface area contributed by atoms with E-state index >= 15 is 0 Å². The van der Waals surface area contributed by atoms with Gasteiger partial charge in [-0.3, -0.25) is 9.52 Å². The zero-order valence-corrected chi connectivity index (χ0v) is 18.6. The Kier molecular flexibility index (Phi) is 6.52. The number of benzene rings is 2. The van der Waals surface area contributed by atoms with Gasteiger partial charge in [-0.2, -0.15) is 0 Å². The molecule has 4 rings (SSSR count). The summed E-state index contributed by atoms with van der Waals surface area (Å²) in [4.78, 5) is 14.5. The number of hydrogen-bond acceptors (Lipinski definition) is 5. The first-order valence-corrected chi connectivity index (χ1v) is 11.6. The summed E-state index contributed by atoms with van der Waals surface area (Å²) in [5.41, 5.74) is 0.580. The Morgan fingerprint density at radius 1 is 0.939 bits per heavy atom. The summed E-state index contributed by atoms with van der Waals surface area (Å²) < 4.78 is 51.6. The fourth-order valence-electron chi connectivity index (χ4n) is 3.10. The minimum atomic E-state index is -3.99. The van der Waals surface area contributed by atoms with Crippen molar-refractivity contribution in [1.82, 2.24) is 4.90 Å². The quantitative estimate of drug-likeness (QED) is 0.363. The van der Waals surface area contributed by atoms with E-state index in [1.165, 1.54) is 36.8 Å². The molecule has 10 heteroatoms. The molecule has 0 aliphatic heterocycles. The number of hydrogen-bond donors (Lipinski definition) is 1. The van der Waals surface area contributed by atoms with Gasteiger partial charge in [-0.05, 0) is 66.7 Å². The van der Waals surface area contributed by atoms with Crippen molar-refractivity contribution in [2.45, 2.75) is 18.0 Å². The summed E-state index contributed by atoms with van der Waals surface area (Å²) in [6.07, 6.45) is 3.06. The van der Waals surface area contributed by atoms with Crippen LogP contribution in [0.15, 0.2) is 93.0 Å². The van der Waals surface area contributed by atoms with Crippen LogP contribution in [0.25, 0.3) is 0 Å². The van der Waals surface area contributed by atoms with Gasteiger partial charge < -0.3 is 13.7 Å². The number of halogens is 2. The molecule has 0 spiro atoms. The number of furan rings is 2. The van der Waals surface area contributed by atoms with Crippen LogP contribution in [0.5, 0.6) is 0 Å². The number of anilines is 1. The molecular formula is C23H18ClFN2O5S. The molecule has 33 heavy (non-hydrogen) atoms. The van der Waals surface area contributed by atoms with Crippen LogP contribution in [0.3, 0.4) is 0 Å². The zero-order chi connectivity index (χ0) is 23.4. The molecule has 2 aromatic heterocycles. The highest BCUT2D eigenvalue weighted by Crippen LogP contribution is 2.23. The molecule has 2 heterocycles. The van der Waals surface area contributed by atoms with E-state index in [1.807, 2.05) is 0 Å². The number of amides is 1. The molecule has 0 saturated heterocycles. The van der Waals surface area contributed by atoms with Gasteiger partial charge in [0, 0.05) is 11.3 Å². The molecule has 0 atom stereocenters. The van der Waals surface area contributed by atoms with Crippen molar-refractivity contribution in [1.29, 1.82) is 0 Å². The Hall–Kier alpha value is -3.56. The maximum absolute atomic E-state index is 13.3. The first-order chi connectivity index (χ1) is 15.8. The van der Waals surface area contributed by atoms with Crippen molar-refractivity contribution in [3.8, 4) is 0 Å². The van der Waals surface area contributed by atoms with Crippen molar-refractivity contribution in [3.05, 3.63) is 107 Å². The Morgan fingerprint density at radius 2 is 1.55 bits per heavy atom. The number of nitrogens with one attached hydrogen (secondary N) is 1. The third-order valence-electron chi connectivity index (χ3n) is 4.73. The third kappa shape index (κ3) is 5.44. The molecule has 7 nitrogen and oxygen atoms in total. The molecule has 0 saturated carbocycles. The Labute approximate surface area is 194 Å². The van der Waals surface area contributed by atoms with Crippen LogP contribution in [0.4, 0.5) is 10.1 Å². The summed E-state index contributed by atoms with van der Waals surface area (Å²) >= 11 is 5.69. The van der Waals surface area contributed by atoms with E-state index in [-0.39, 0.29) is 34.6 Å². The Bertz CT molecular complexity index is 1300. The van der Waals surface area contributed by atoms with Crippen LogP contribution >= 0.6 is 11.6 Å². The van der Waals surface area contributed by atoms with Gasteiger partial charge in [0.15, 0.2) is 0 Å². The second-order valence-electron chi connectivity index (χ2n) is 7.08. The fraction of sp³-hybridized carbons (Fsp3) is 0.0870. The Balaban J connectivity index is 1.51. The van der Waals surface area contributed by atoms with Crippen molar-refractivity contribution >= 4 is 33.2 Å². The van der Waals surface area contributed by atoms with Crippen molar-refractivity contribution in [3.63, 3.8) is 0 Å². The minimum absolute atomic E-state index is 0.183. The normalized spacial score (nSPS) is 11.3. The molecule has 1 amide bonds. The highest BCUT2D eigenvalue weighted by atomic mass is 35.5. The van der Waals surface area contributed by atoms with Crippen LogP contribution in [0, 0.1) is 5.82 Å². The molecule has 0 unspecified atom stereocenters. The van der Waals surface area contributed by atoms with E-state index in [4.69, 9.17) is 20.4 Å². The maximum atomic E-state index is 13.3. The van der Waals surface area contributed by atoms with Crippen LogP contribution < -0.4 is 4.72 Å². The molecule has 0 fully saturated rings. The predicted molar refractivity (Wildman–Crippen MR) is 120 cm³/mol. The molecule has 0 radical (unpaired) electrons. The van der Waals surface area contributed by atoms with Crippen LogP contribution in [-0.4, -0.2) is 19.2 Å². The average Bonchev–Trinajstić information content (AvgIpc) is 3.49. The highest BCUT2D eigenvalue weighted by Gasteiger charge is 2.20. The largest absolute Gasteiger partial charge is 0.467 e. The van der Waals surface area contributed by atoms with Gasteiger partial charge in [0.05, 0.1) is 35.5 Å². The van der Waals surface area contributed by atoms with Gasteiger partial charge in [0.1, 0.15) is 17.3 Å². The second-order valence-corrected chi connectivity index (χ2v) is 9.17. The lowest BCUT2D eigenvalue weighted by atomic mass is 10.1. The number of sulfonamides is 1. The lowest BCUT2D eigenvalue weighted by Crippen LogP contribution is -2.29. The monoisotopic (exact) mass is 488 g/mol. The van der Waals surface area contributed by atoms with E-state index in [9.17, 15) is 17.6 Å². The predicted octanol–water partition coefficient (Wildman–Crippen LogP) is 5.31. The van der Waals surface area contributed by atoms with E-state index in [0.29, 0.717) is 17.1 Å². The molecule has 0 bridgehead atoms.